The van der Waals surface area contributed by atoms with Gasteiger partial charge in [0.15, 0.2) is 0 Å². The minimum atomic E-state index is -0.564. The number of halogens is 1. The number of amides is 1. The van der Waals surface area contributed by atoms with Crippen molar-refractivity contribution in [1.82, 2.24) is 0 Å². The number of anilines is 1. The maximum absolute atomic E-state index is 11.6. The molecular weight excluding hydrogens is 272 g/mol. The van der Waals surface area contributed by atoms with E-state index in [1.54, 1.807) is 6.92 Å². The molecule has 104 valence electrons. The van der Waals surface area contributed by atoms with Crippen molar-refractivity contribution >= 4 is 28.9 Å². The molecule has 1 aromatic carbocycles. The summed E-state index contributed by atoms with van der Waals surface area (Å²) in [5, 5.41) is 13.3. The van der Waals surface area contributed by atoms with Gasteiger partial charge >= 0.3 is 0 Å². The first-order valence-corrected chi connectivity index (χ1v) is 6.15. The first-order valence-electron chi connectivity index (χ1n) is 5.77. The number of nitrogens with zero attached hydrogens (tertiary/aromatic N) is 1. The fraction of sp³-hybridized carbons (Fsp3) is 0.417. The number of hydrogen-bond acceptors (Lipinski definition) is 4. The Morgan fingerprint density at radius 3 is 2.79 bits per heavy atom. The summed E-state index contributed by atoms with van der Waals surface area (Å²) in [4.78, 5) is 21.7. The molecule has 19 heavy (non-hydrogen) atoms. The van der Waals surface area contributed by atoms with Crippen molar-refractivity contribution in [3.05, 3.63) is 32.8 Å². The van der Waals surface area contributed by atoms with Gasteiger partial charge in [-0.25, -0.2) is 0 Å². The third kappa shape index (κ3) is 4.50. The largest absolute Gasteiger partial charge is 0.372 e. The van der Waals surface area contributed by atoms with Gasteiger partial charge < -0.3 is 10.1 Å². The lowest BCUT2D eigenvalue weighted by molar-refractivity contribution is -0.384. The van der Waals surface area contributed by atoms with Crippen LogP contribution in [0.2, 0.25) is 5.02 Å². The standard InChI is InChI=1S/C12H15ClN2O4/c1-3-4-19-7-12(16)14-10-6-9(13)11(15(17)18)5-8(10)2/h5-6H,3-4,7H2,1-2H3,(H,14,16). The molecule has 1 aromatic rings. The van der Waals surface area contributed by atoms with E-state index in [1.807, 2.05) is 6.92 Å². The maximum Gasteiger partial charge on any atom is 0.288 e. The monoisotopic (exact) mass is 286 g/mol. The van der Waals surface area contributed by atoms with E-state index in [2.05, 4.69) is 5.32 Å². The zero-order valence-corrected chi connectivity index (χ0v) is 11.5. The number of aryl methyl sites for hydroxylation is 1. The Bertz CT molecular complexity index is 491. The molecule has 0 radical (unpaired) electrons. The lowest BCUT2D eigenvalue weighted by Crippen LogP contribution is -2.19. The van der Waals surface area contributed by atoms with E-state index in [4.69, 9.17) is 16.3 Å². The van der Waals surface area contributed by atoms with Crippen LogP contribution in [-0.4, -0.2) is 24.0 Å². The molecule has 0 aliphatic carbocycles. The van der Waals surface area contributed by atoms with E-state index < -0.39 is 4.92 Å². The van der Waals surface area contributed by atoms with E-state index >= 15 is 0 Å². The van der Waals surface area contributed by atoms with Crippen LogP contribution in [0.4, 0.5) is 11.4 Å². The van der Waals surface area contributed by atoms with E-state index in [1.165, 1.54) is 12.1 Å². The van der Waals surface area contributed by atoms with Crippen molar-refractivity contribution in [3.63, 3.8) is 0 Å². The number of carbonyl (C=O) groups is 1. The molecule has 0 atom stereocenters. The van der Waals surface area contributed by atoms with Gasteiger partial charge in [0.05, 0.1) is 4.92 Å². The Labute approximate surface area is 115 Å². The van der Waals surface area contributed by atoms with E-state index in [9.17, 15) is 14.9 Å². The highest BCUT2D eigenvalue weighted by Crippen LogP contribution is 2.30. The number of nitro groups is 1. The van der Waals surface area contributed by atoms with Crippen LogP contribution in [0.1, 0.15) is 18.9 Å². The van der Waals surface area contributed by atoms with Crippen molar-refractivity contribution in [3.8, 4) is 0 Å². The van der Waals surface area contributed by atoms with Crippen LogP contribution in [0.15, 0.2) is 12.1 Å². The van der Waals surface area contributed by atoms with Gasteiger partial charge in [-0.05, 0) is 25.0 Å². The maximum atomic E-state index is 11.6. The van der Waals surface area contributed by atoms with Gasteiger partial charge in [-0.3, -0.25) is 14.9 Å². The Morgan fingerprint density at radius 2 is 2.21 bits per heavy atom. The average Bonchev–Trinajstić information content (AvgIpc) is 2.33. The number of nitro benzene ring substituents is 1. The molecule has 0 heterocycles. The average molecular weight is 287 g/mol. The molecule has 1 amide bonds. The van der Waals surface area contributed by atoms with Gasteiger partial charge in [-0.15, -0.1) is 0 Å². The number of rotatable bonds is 6. The summed E-state index contributed by atoms with van der Waals surface area (Å²) in [5.41, 5.74) is 0.833. The molecule has 1 N–H and O–H groups in total. The molecule has 6 nitrogen and oxygen atoms in total. The molecule has 7 heteroatoms. The zero-order chi connectivity index (χ0) is 14.4. The highest BCUT2D eigenvalue weighted by atomic mass is 35.5. The third-order valence-corrected chi connectivity index (χ3v) is 2.65. The Balaban J connectivity index is 2.77. The van der Waals surface area contributed by atoms with E-state index in [0.29, 0.717) is 17.9 Å². The Hall–Kier alpha value is -1.66. The predicted octanol–water partition coefficient (Wildman–Crippen LogP) is 2.92. The van der Waals surface area contributed by atoms with Crippen LogP contribution >= 0.6 is 11.6 Å². The minimum absolute atomic E-state index is 0.0135. The normalized spacial score (nSPS) is 10.3. The van der Waals surface area contributed by atoms with Gasteiger partial charge in [0.1, 0.15) is 11.6 Å². The van der Waals surface area contributed by atoms with Crippen LogP contribution in [0, 0.1) is 17.0 Å². The van der Waals surface area contributed by atoms with Gasteiger partial charge in [0.2, 0.25) is 5.91 Å². The van der Waals surface area contributed by atoms with Crippen molar-refractivity contribution in [2.45, 2.75) is 20.3 Å². The minimum Gasteiger partial charge on any atom is -0.372 e. The Kier molecular flexibility index (Phi) is 5.72. The van der Waals surface area contributed by atoms with E-state index in [-0.39, 0.29) is 23.2 Å². The fourth-order valence-electron chi connectivity index (χ4n) is 1.44. The predicted molar refractivity (Wildman–Crippen MR) is 72.6 cm³/mol. The van der Waals surface area contributed by atoms with Crippen molar-refractivity contribution in [2.75, 3.05) is 18.5 Å². The molecule has 0 aliphatic heterocycles. The smallest absolute Gasteiger partial charge is 0.288 e. The van der Waals surface area contributed by atoms with Gasteiger partial charge in [0, 0.05) is 18.4 Å². The zero-order valence-electron chi connectivity index (χ0n) is 10.7. The molecule has 0 aromatic heterocycles. The SMILES string of the molecule is CCCOCC(=O)Nc1cc(Cl)c([N+](=O)[O-])cc1C. The highest BCUT2D eigenvalue weighted by Gasteiger charge is 2.16. The summed E-state index contributed by atoms with van der Waals surface area (Å²) in [5.74, 6) is -0.318. The fourth-order valence-corrected chi connectivity index (χ4v) is 1.67. The van der Waals surface area contributed by atoms with Gasteiger partial charge in [0.25, 0.3) is 5.69 Å². The number of benzene rings is 1. The lowest BCUT2D eigenvalue weighted by Gasteiger charge is -2.09. The second-order valence-electron chi connectivity index (χ2n) is 3.98. The topological polar surface area (TPSA) is 81.5 Å². The summed E-state index contributed by atoms with van der Waals surface area (Å²) < 4.78 is 5.10. The highest BCUT2D eigenvalue weighted by molar-refractivity contribution is 6.33. The summed E-state index contributed by atoms with van der Waals surface area (Å²) in [6.07, 6.45) is 0.829. The number of hydrogen-bond donors (Lipinski definition) is 1. The summed E-state index contributed by atoms with van der Waals surface area (Å²) in [6.45, 7) is 4.05. The third-order valence-electron chi connectivity index (χ3n) is 2.35. The Morgan fingerprint density at radius 1 is 1.53 bits per heavy atom. The van der Waals surface area contributed by atoms with Gasteiger partial charge in [-0.2, -0.15) is 0 Å². The van der Waals surface area contributed by atoms with Crippen LogP contribution in [0.5, 0.6) is 0 Å². The number of nitrogens with one attached hydrogen (secondary N) is 1. The molecule has 0 saturated heterocycles. The van der Waals surface area contributed by atoms with E-state index in [0.717, 1.165) is 6.42 Å². The summed E-state index contributed by atoms with van der Waals surface area (Å²) >= 11 is 5.78. The summed E-state index contributed by atoms with van der Waals surface area (Å²) in [6, 6.07) is 2.69. The van der Waals surface area contributed by atoms with Gasteiger partial charge in [-0.1, -0.05) is 18.5 Å². The second kappa shape index (κ2) is 7.06. The molecule has 0 saturated carbocycles. The van der Waals surface area contributed by atoms with Crippen molar-refractivity contribution in [2.24, 2.45) is 0 Å². The van der Waals surface area contributed by atoms with Crippen LogP contribution in [0.25, 0.3) is 0 Å². The first kappa shape index (κ1) is 15.4. The molecule has 0 unspecified atom stereocenters. The van der Waals surface area contributed by atoms with Crippen LogP contribution < -0.4 is 5.32 Å². The van der Waals surface area contributed by atoms with Crippen LogP contribution in [-0.2, 0) is 9.53 Å². The molecule has 0 bridgehead atoms. The lowest BCUT2D eigenvalue weighted by atomic mass is 10.2. The van der Waals surface area contributed by atoms with Crippen molar-refractivity contribution < 1.29 is 14.5 Å². The first-order chi connectivity index (χ1) is 8.95. The molecule has 0 spiro atoms. The molecule has 0 fully saturated rings. The number of carbonyl (C=O) groups excluding carboxylic acids is 1. The second-order valence-corrected chi connectivity index (χ2v) is 4.38. The van der Waals surface area contributed by atoms with Crippen molar-refractivity contribution in [1.29, 1.82) is 0 Å². The number of ether oxygens (including phenoxy) is 1. The van der Waals surface area contributed by atoms with Crippen LogP contribution in [0.3, 0.4) is 0 Å². The molecular formula is C12H15ClN2O4. The quantitative estimate of drug-likeness (QED) is 0.495. The summed E-state index contributed by atoms with van der Waals surface area (Å²) in [7, 11) is 0. The molecule has 0 aliphatic rings. The molecule has 1 rings (SSSR count).